The van der Waals surface area contributed by atoms with Gasteiger partial charge in [0.2, 0.25) is 0 Å². The monoisotopic (exact) mass is 235 g/mol. The Morgan fingerprint density at radius 2 is 1.76 bits per heavy atom. The average Bonchev–Trinajstić information content (AvgIpc) is 2.28. The first-order valence-corrected chi connectivity index (χ1v) is 6.57. The zero-order valence-corrected chi connectivity index (χ0v) is 11.5. The molecule has 1 aromatic rings. The fraction of sp³-hybridized carbons (Fsp3) is 0.600. The Bertz CT molecular complexity index is 305. The summed E-state index contributed by atoms with van der Waals surface area (Å²) in [5.74, 6) is 1.54. The van der Waals surface area contributed by atoms with Crippen LogP contribution in [0.15, 0.2) is 24.3 Å². The van der Waals surface area contributed by atoms with Gasteiger partial charge < -0.3 is 10.1 Å². The van der Waals surface area contributed by atoms with Gasteiger partial charge in [-0.3, -0.25) is 0 Å². The Hall–Kier alpha value is -1.02. The van der Waals surface area contributed by atoms with Crippen molar-refractivity contribution in [1.29, 1.82) is 0 Å². The van der Waals surface area contributed by atoms with Gasteiger partial charge in [0, 0.05) is 6.04 Å². The largest absolute Gasteiger partial charge is 0.493 e. The van der Waals surface area contributed by atoms with Gasteiger partial charge in [-0.2, -0.15) is 0 Å². The van der Waals surface area contributed by atoms with Crippen molar-refractivity contribution in [3.63, 3.8) is 0 Å². The van der Waals surface area contributed by atoms with Gasteiger partial charge in [0.1, 0.15) is 5.75 Å². The molecule has 1 N–H and O–H groups in total. The van der Waals surface area contributed by atoms with Crippen LogP contribution in [0, 0.1) is 5.92 Å². The van der Waals surface area contributed by atoms with Gasteiger partial charge >= 0.3 is 0 Å². The molecule has 0 bridgehead atoms. The Balaban J connectivity index is 2.44. The molecule has 0 aliphatic heterocycles. The molecule has 0 heterocycles. The third kappa shape index (κ3) is 5.73. The van der Waals surface area contributed by atoms with Crippen LogP contribution in [0.4, 0.5) is 0 Å². The Morgan fingerprint density at radius 1 is 1.12 bits per heavy atom. The number of hydrogen-bond donors (Lipinski definition) is 1. The van der Waals surface area contributed by atoms with Crippen molar-refractivity contribution >= 4 is 0 Å². The summed E-state index contributed by atoms with van der Waals surface area (Å²) in [6, 6.07) is 8.97. The predicted molar refractivity (Wildman–Crippen MR) is 73.6 cm³/mol. The summed E-state index contributed by atoms with van der Waals surface area (Å²) >= 11 is 0. The highest BCUT2D eigenvalue weighted by molar-refractivity contribution is 5.27. The zero-order chi connectivity index (χ0) is 12.7. The molecule has 1 unspecified atom stereocenters. The van der Waals surface area contributed by atoms with Crippen molar-refractivity contribution in [1.82, 2.24) is 5.32 Å². The molecule has 0 aromatic heterocycles. The number of ether oxygens (including phenoxy) is 1. The normalized spacial score (nSPS) is 12.8. The van der Waals surface area contributed by atoms with Crippen molar-refractivity contribution < 1.29 is 4.74 Å². The first-order valence-electron chi connectivity index (χ1n) is 6.57. The first kappa shape index (κ1) is 14.0. The van der Waals surface area contributed by atoms with Gasteiger partial charge in [0.15, 0.2) is 0 Å². The second-order valence-corrected chi connectivity index (χ2v) is 5.01. The van der Waals surface area contributed by atoms with Gasteiger partial charge in [0.05, 0.1) is 6.61 Å². The van der Waals surface area contributed by atoms with E-state index >= 15 is 0 Å². The van der Waals surface area contributed by atoms with Crippen molar-refractivity contribution in [2.75, 3.05) is 13.2 Å². The number of likely N-dealkylation sites (N-methyl/N-ethyl adjacent to an activating group) is 1. The fourth-order valence-electron chi connectivity index (χ4n) is 1.76. The summed E-state index contributed by atoms with van der Waals surface area (Å²) in [6.07, 6.45) is 1.07. The van der Waals surface area contributed by atoms with Crippen molar-refractivity contribution in [2.45, 2.75) is 40.2 Å². The minimum absolute atomic E-state index is 0.530. The van der Waals surface area contributed by atoms with E-state index in [-0.39, 0.29) is 0 Å². The van der Waals surface area contributed by atoms with Crippen LogP contribution >= 0.6 is 0 Å². The molecular formula is C15H25NO. The second-order valence-electron chi connectivity index (χ2n) is 5.01. The quantitative estimate of drug-likeness (QED) is 0.783. The highest BCUT2D eigenvalue weighted by atomic mass is 16.5. The Morgan fingerprint density at radius 3 is 2.29 bits per heavy atom. The molecule has 0 saturated heterocycles. The molecule has 17 heavy (non-hydrogen) atoms. The second kappa shape index (κ2) is 7.33. The topological polar surface area (TPSA) is 21.3 Å². The van der Waals surface area contributed by atoms with E-state index in [2.05, 4.69) is 57.3 Å². The van der Waals surface area contributed by atoms with Crippen molar-refractivity contribution in [2.24, 2.45) is 5.92 Å². The minimum Gasteiger partial charge on any atom is -0.493 e. The van der Waals surface area contributed by atoms with E-state index in [0.717, 1.165) is 25.3 Å². The lowest BCUT2D eigenvalue weighted by atomic mass is 10.1. The lowest BCUT2D eigenvalue weighted by molar-refractivity contribution is 0.271. The van der Waals surface area contributed by atoms with Crippen LogP contribution in [-0.4, -0.2) is 19.2 Å². The van der Waals surface area contributed by atoms with E-state index in [9.17, 15) is 0 Å². The van der Waals surface area contributed by atoms with Crippen LogP contribution in [0.25, 0.3) is 0 Å². The van der Waals surface area contributed by atoms with Gasteiger partial charge in [-0.25, -0.2) is 0 Å². The third-order valence-corrected chi connectivity index (χ3v) is 2.60. The van der Waals surface area contributed by atoms with Crippen LogP contribution in [0.3, 0.4) is 0 Å². The highest BCUT2D eigenvalue weighted by Crippen LogP contribution is 2.14. The molecule has 0 aliphatic rings. The highest BCUT2D eigenvalue weighted by Gasteiger charge is 2.02. The number of nitrogens with one attached hydrogen (secondary N) is 1. The molecule has 2 heteroatoms. The maximum Gasteiger partial charge on any atom is 0.119 e. The SMILES string of the molecule is CCNC(C)Cc1ccc(OCC(C)C)cc1. The van der Waals surface area contributed by atoms with Gasteiger partial charge in [-0.15, -0.1) is 0 Å². The molecule has 1 rings (SSSR count). The standard InChI is InChI=1S/C15H25NO/c1-5-16-13(4)10-14-6-8-15(9-7-14)17-11-12(2)3/h6-9,12-13,16H,5,10-11H2,1-4H3. The minimum atomic E-state index is 0.530. The van der Waals surface area contributed by atoms with E-state index in [1.54, 1.807) is 0 Å². The summed E-state index contributed by atoms with van der Waals surface area (Å²) in [6.45, 7) is 10.5. The smallest absolute Gasteiger partial charge is 0.119 e. The average molecular weight is 235 g/mol. The van der Waals surface area contributed by atoms with Gasteiger partial charge in [0.25, 0.3) is 0 Å². The lowest BCUT2D eigenvalue weighted by Gasteiger charge is -2.13. The predicted octanol–water partition coefficient (Wildman–Crippen LogP) is 3.26. The van der Waals surface area contributed by atoms with E-state index < -0.39 is 0 Å². The summed E-state index contributed by atoms with van der Waals surface area (Å²) in [5, 5.41) is 3.42. The molecule has 1 aromatic carbocycles. The van der Waals surface area contributed by atoms with E-state index in [0.29, 0.717) is 12.0 Å². The van der Waals surface area contributed by atoms with Gasteiger partial charge in [-0.05, 0) is 43.5 Å². The maximum absolute atomic E-state index is 5.66. The van der Waals surface area contributed by atoms with Crippen LogP contribution in [0.5, 0.6) is 5.75 Å². The third-order valence-electron chi connectivity index (χ3n) is 2.60. The first-order chi connectivity index (χ1) is 8.11. The summed E-state index contributed by atoms with van der Waals surface area (Å²) in [4.78, 5) is 0. The lowest BCUT2D eigenvalue weighted by Crippen LogP contribution is -2.27. The molecule has 1 atom stereocenters. The van der Waals surface area contributed by atoms with Crippen LogP contribution in [0.2, 0.25) is 0 Å². The Kier molecular flexibility index (Phi) is 6.06. The van der Waals surface area contributed by atoms with Crippen LogP contribution < -0.4 is 10.1 Å². The van der Waals surface area contributed by atoms with E-state index in [1.807, 2.05) is 0 Å². The summed E-state index contributed by atoms with van der Waals surface area (Å²) < 4.78 is 5.66. The van der Waals surface area contributed by atoms with E-state index in [1.165, 1.54) is 5.56 Å². The Labute approximate surface area is 105 Å². The van der Waals surface area contributed by atoms with Crippen LogP contribution in [0.1, 0.15) is 33.3 Å². The molecule has 0 saturated carbocycles. The molecule has 2 nitrogen and oxygen atoms in total. The summed E-state index contributed by atoms with van der Waals surface area (Å²) in [7, 11) is 0. The molecule has 0 spiro atoms. The van der Waals surface area contributed by atoms with Gasteiger partial charge in [-0.1, -0.05) is 32.9 Å². The number of benzene rings is 1. The summed E-state index contributed by atoms with van der Waals surface area (Å²) in [5.41, 5.74) is 1.36. The molecule has 0 aliphatic carbocycles. The maximum atomic E-state index is 5.66. The number of rotatable bonds is 7. The fourth-order valence-corrected chi connectivity index (χ4v) is 1.76. The molecule has 0 amide bonds. The zero-order valence-electron chi connectivity index (χ0n) is 11.5. The van der Waals surface area contributed by atoms with Crippen LogP contribution in [-0.2, 0) is 6.42 Å². The van der Waals surface area contributed by atoms with E-state index in [4.69, 9.17) is 4.74 Å². The molecule has 96 valence electrons. The van der Waals surface area contributed by atoms with Crippen molar-refractivity contribution in [3.8, 4) is 5.75 Å². The van der Waals surface area contributed by atoms with Crippen molar-refractivity contribution in [3.05, 3.63) is 29.8 Å². The number of hydrogen-bond acceptors (Lipinski definition) is 2. The molecule has 0 fully saturated rings. The molecule has 0 radical (unpaired) electrons. The molecular weight excluding hydrogens is 210 g/mol.